The van der Waals surface area contributed by atoms with Crippen LogP contribution in [0.3, 0.4) is 0 Å². The van der Waals surface area contributed by atoms with Crippen LogP contribution in [-0.2, 0) is 17.7 Å². The summed E-state index contributed by atoms with van der Waals surface area (Å²) in [5.74, 6) is 0.747. The molecule has 0 saturated heterocycles. The second-order valence-corrected chi connectivity index (χ2v) is 12.9. The van der Waals surface area contributed by atoms with Gasteiger partial charge < -0.3 is 17.7 Å². The van der Waals surface area contributed by atoms with Crippen LogP contribution >= 0.6 is 0 Å². The monoisotopic (exact) mass is 352 g/mol. The standard InChI is InChI=1S/C9H22O2Si.C7H18O2Si/c1-7-9(4)12(10-5,11-6)8(2)3;1-5-7(2)6-10(8-3)9-4/h8-9H,7H2,1-6H3;7,10H,5-6H2,1-4H3. The van der Waals surface area contributed by atoms with E-state index in [1.54, 1.807) is 28.4 Å². The van der Waals surface area contributed by atoms with Gasteiger partial charge in [-0.2, -0.15) is 0 Å². The summed E-state index contributed by atoms with van der Waals surface area (Å²) in [7, 11) is 3.85. The van der Waals surface area contributed by atoms with E-state index in [0.29, 0.717) is 11.1 Å². The van der Waals surface area contributed by atoms with Gasteiger partial charge in [0.15, 0.2) is 0 Å². The first-order valence-corrected chi connectivity index (χ1v) is 12.2. The molecule has 0 aliphatic carbocycles. The van der Waals surface area contributed by atoms with Crippen molar-refractivity contribution in [2.24, 2.45) is 5.92 Å². The van der Waals surface area contributed by atoms with E-state index in [1.165, 1.54) is 6.42 Å². The summed E-state index contributed by atoms with van der Waals surface area (Å²) < 4.78 is 21.6. The highest BCUT2D eigenvalue weighted by molar-refractivity contribution is 6.70. The fourth-order valence-corrected chi connectivity index (χ4v) is 7.78. The molecule has 22 heavy (non-hydrogen) atoms. The van der Waals surface area contributed by atoms with Gasteiger partial charge >= 0.3 is 17.8 Å². The van der Waals surface area contributed by atoms with Gasteiger partial charge in [-0.15, -0.1) is 0 Å². The van der Waals surface area contributed by atoms with E-state index < -0.39 is 17.8 Å². The minimum absolute atomic E-state index is 0.516. The van der Waals surface area contributed by atoms with Crippen LogP contribution in [0.4, 0.5) is 0 Å². The molecule has 0 aromatic heterocycles. The molecule has 0 fully saturated rings. The maximum Gasteiger partial charge on any atom is 0.343 e. The Bertz CT molecular complexity index is 244. The Labute approximate surface area is 142 Å². The third-order valence-electron chi connectivity index (χ3n) is 4.56. The Morgan fingerprint density at radius 3 is 1.45 bits per heavy atom. The number of hydrogen-bond acceptors (Lipinski definition) is 4. The van der Waals surface area contributed by atoms with Crippen molar-refractivity contribution >= 4 is 17.8 Å². The predicted molar refractivity (Wildman–Crippen MR) is 100 cm³/mol. The van der Waals surface area contributed by atoms with E-state index in [0.717, 1.165) is 18.4 Å². The van der Waals surface area contributed by atoms with Crippen molar-refractivity contribution in [3.63, 3.8) is 0 Å². The first kappa shape index (κ1) is 24.5. The Hall–Kier alpha value is 0.274. The largest absolute Gasteiger partial charge is 0.400 e. The highest BCUT2D eigenvalue weighted by atomic mass is 28.4. The van der Waals surface area contributed by atoms with Gasteiger partial charge in [-0.25, -0.2) is 0 Å². The first-order chi connectivity index (χ1) is 10.3. The van der Waals surface area contributed by atoms with Crippen LogP contribution in [-0.4, -0.2) is 46.3 Å². The molecule has 0 heterocycles. The zero-order chi connectivity index (χ0) is 17.8. The van der Waals surface area contributed by atoms with Crippen molar-refractivity contribution in [3.8, 4) is 0 Å². The van der Waals surface area contributed by atoms with E-state index in [9.17, 15) is 0 Å². The van der Waals surface area contributed by atoms with Gasteiger partial charge in [-0.3, -0.25) is 0 Å². The third kappa shape index (κ3) is 8.22. The summed E-state index contributed by atoms with van der Waals surface area (Å²) in [6.45, 7) is 13.2. The highest BCUT2D eigenvalue weighted by Crippen LogP contribution is 2.35. The lowest BCUT2D eigenvalue weighted by atomic mass is 10.2. The highest BCUT2D eigenvalue weighted by Gasteiger charge is 2.44. The molecule has 0 aliphatic heterocycles. The Kier molecular flexibility index (Phi) is 15.3. The molecule has 0 aliphatic rings. The fourth-order valence-electron chi connectivity index (χ4n) is 2.59. The van der Waals surface area contributed by atoms with Crippen molar-refractivity contribution in [2.45, 2.75) is 71.5 Å². The SMILES string of the molecule is CCC(C)C[SiH](OC)OC.CCC(C)[Si](OC)(OC)C(C)C. The van der Waals surface area contributed by atoms with Gasteiger partial charge in [0.25, 0.3) is 0 Å². The van der Waals surface area contributed by atoms with Gasteiger partial charge in [-0.1, -0.05) is 54.4 Å². The van der Waals surface area contributed by atoms with Crippen LogP contribution in [0.15, 0.2) is 0 Å². The minimum Gasteiger partial charge on any atom is -0.400 e. The van der Waals surface area contributed by atoms with Crippen molar-refractivity contribution in [2.75, 3.05) is 28.4 Å². The molecule has 0 radical (unpaired) electrons. The second kappa shape index (κ2) is 13.7. The summed E-state index contributed by atoms with van der Waals surface area (Å²) in [5, 5.41) is 0. The average Bonchev–Trinajstić information content (AvgIpc) is 2.53. The van der Waals surface area contributed by atoms with Gasteiger partial charge in [0, 0.05) is 28.4 Å². The number of rotatable bonds is 10. The molecule has 0 amide bonds. The zero-order valence-corrected chi connectivity index (χ0v) is 18.7. The molecule has 0 spiro atoms. The van der Waals surface area contributed by atoms with Crippen molar-refractivity contribution in [1.29, 1.82) is 0 Å². The van der Waals surface area contributed by atoms with Gasteiger partial charge in [0.2, 0.25) is 0 Å². The minimum atomic E-state index is -1.92. The summed E-state index contributed by atoms with van der Waals surface area (Å²) >= 11 is 0. The molecule has 0 saturated carbocycles. The van der Waals surface area contributed by atoms with Gasteiger partial charge in [-0.05, 0) is 23.0 Å². The molecule has 0 aromatic rings. The van der Waals surface area contributed by atoms with E-state index in [-0.39, 0.29) is 0 Å². The Balaban J connectivity index is 0. The van der Waals surface area contributed by atoms with E-state index in [1.807, 2.05) is 0 Å². The maximum atomic E-state index is 5.62. The molecule has 2 unspecified atom stereocenters. The molecular weight excluding hydrogens is 312 g/mol. The van der Waals surface area contributed by atoms with Crippen molar-refractivity contribution < 1.29 is 17.7 Å². The normalized spacial score (nSPS) is 14.7. The number of hydrogen-bond donors (Lipinski definition) is 0. The van der Waals surface area contributed by atoms with Crippen LogP contribution in [0.2, 0.25) is 17.1 Å². The van der Waals surface area contributed by atoms with E-state index in [4.69, 9.17) is 17.7 Å². The quantitative estimate of drug-likeness (QED) is 0.543. The Morgan fingerprint density at radius 1 is 0.818 bits per heavy atom. The molecule has 6 heteroatoms. The molecule has 0 rings (SSSR count). The third-order valence-corrected chi connectivity index (χ3v) is 11.5. The molecule has 0 aromatic carbocycles. The van der Waals surface area contributed by atoms with Crippen molar-refractivity contribution in [1.82, 2.24) is 0 Å². The van der Waals surface area contributed by atoms with E-state index >= 15 is 0 Å². The maximum absolute atomic E-state index is 5.62. The molecule has 2 atom stereocenters. The summed E-state index contributed by atoms with van der Waals surface area (Å²) in [5.41, 5.74) is 1.08. The van der Waals surface area contributed by atoms with Crippen LogP contribution in [0.5, 0.6) is 0 Å². The molecule has 0 bridgehead atoms. The molecular formula is C16H40O4Si2. The van der Waals surface area contributed by atoms with Crippen LogP contribution in [0.25, 0.3) is 0 Å². The lowest BCUT2D eigenvalue weighted by Crippen LogP contribution is -2.46. The summed E-state index contributed by atoms with van der Waals surface area (Å²) in [4.78, 5) is 0. The Morgan fingerprint density at radius 2 is 1.27 bits per heavy atom. The summed E-state index contributed by atoms with van der Waals surface area (Å²) in [6, 6.07) is 1.13. The second-order valence-electron chi connectivity index (χ2n) is 6.24. The average molecular weight is 353 g/mol. The van der Waals surface area contributed by atoms with Gasteiger partial charge in [0.1, 0.15) is 0 Å². The van der Waals surface area contributed by atoms with Crippen LogP contribution < -0.4 is 0 Å². The lowest BCUT2D eigenvalue weighted by Gasteiger charge is -2.35. The molecule has 136 valence electrons. The van der Waals surface area contributed by atoms with Crippen molar-refractivity contribution in [3.05, 3.63) is 0 Å². The first-order valence-electron chi connectivity index (χ1n) is 8.45. The predicted octanol–water partition coefficient (Wildman–Crippen LogP) is 4.48. The summed E-state index contributed by atoms with van der Waals surface area (Å²) in [6.07, 6.45) is 2.35. The smallest absolute Gasteiger partial charge is 0.343 e. The van der Waals surface area contributed by atoms with E-state index in [2.05, 4.69) is 41.5 Å². The fraction of sp³-hybridized carbons (Fsp3) is 1.00. The molecule has 0 N–H and O–H groups in total. The topological polar surface area (TPSA) is 36.9 Å². The van der Waals surface area contributed by atoms with Crippen LogP contribution in [0, 0.1) is 5.92 Å². The molecule has 4 nitrogen and oxygen atoms in total. The zero-order valence-electron chi connectivity index (χ0n) is 16.6. The van der Waals surface area contributed by atoms with Crippen LogP contribution in [0.1, 0.15) is 54.4 Å². The van der Waals surface area contributed by atoms with Gasteiger partial charge in [0.05, 0.1) is 0 Å². The lowest BCUT2D eigenvalue weighted by molar-refractivity contribution is 0.220.